The number of carboxylic acids is 1. The lowest BCUT2D eigenvalue weighted by molar-refractivity contribution is -0.134. The van der Waals surface area contributed by atoms with Gasteiger partial charge in [-0.2, -0.15) is 0 Å². The summed E-state index contributed by atoms with van der Waals surface area (Å²) in [4.78, 5) is 24.8. The molecule has 1 aromatic rings. The highest BCUT2D eigenvalue weighted by atomic mass is 16.5. The van der Waals surface area contributed by atoms with Crippen LogP contribution in [0.2, 0.25) is 0 Å². The second-order valence-corrected chi connectivity index (χ2v) is 4.93. The predicted octanol–water partition coefficient (Wildman–Crippen LogP) is 2.04. The summed E-state index contributed by atoms with van der Waals surface area (Å²) in [5.74, 6) is -0.992. The molecule has 1 fully saturated rings. The van der Waals surface area contributed by atoms with E-state index >= 15 is 0 Å². The Kier molecular flexibility index (Phi) is 5.11. The van der Waals surface area contributed by atoms with Crippen LogP contribution < -0.4 is 0 Å². The van der Waals surface area contributed by atoms with Gasteiger partial charge in [-0.1, -0.05) is 19.1 Å². The van der Waals surface area contributed by atoms with E-state index in [4.69, 9.17) is 9.84 Å². The third-order valence-electron chi connectivity index (χ3n) is 3.56. The first kappa shape index (κ1) is 15.3. The van der Waals surface area contributed by atoms with Crippen LogP contribution in [-0.4, -0.2) is 47.7 Å². The third-order valence-corrected chi connectivity index (χ3v) is 3.56. The van der Waals surface area contributed by atoms with E-state index < -0.39 is 5.97 Å². The monoisotopic (exact) mass is 289 g/mol. The summed E-state index contributed by atoms with van der Waals surface area (Å²) >= 11 is 0. The van der Waals surface area contributed by atoms with E-state index in [0.29, 0.717) is 19.8 Å². The number of hydrogen-bond acceptors (Lipinski definition) is 3. The zero-order valence-electron chi connectivity index (χ0n) is 12.0. The Hall–Kier alpha value is -2.14. The van der Waals surface area contributed by atoms with Gasteiger partial charge in [-0.3, -0.25) is 4.79 Å². The molecular weight excluding hydrogens is 270 g/mol. The molecule has 2 rings (SSSR count). The molecule has 21 heavy (non-hydrogen) atoms. The van der Waals surface area contributed by atoms with Crippen LogP contribution in [0.1, 0.15) is 29.3 Å². The van der Waals surface area contributed by atoms with Crippen molar-refractivity contribution in [3.8, 4) is 0 Å². The summed E-state index contributed by atoms with van der Waals surface area (Å²) in [7, 11) is 0. The van der Waals surface area contributed by atoms with Gasteiger partial charge in [0.05, 0.1) is 24.8 Å². The molecule has 0 aliphatic carbocycles. The minimum atomic E-state index is -0.958. The van der Waals surface area contributed by atoms with Gasteiger partial charge in [0, 0.05) is 12.6 Å². The Labute approximate surface area is 123 Å². The van der Waals surface area contributed by atoms with E-state index in [0.717, 1.165) is 12.0 Å². The molecule has 5 nitrogen and oxygen atoms in total. The van der Waals surface area contributed by atoms with Gasteiger partial charge in [0.15, 0.2) is 0 Å². The van der Waals surface area contributed by atoms with Gasteiger partial charge in [-0.15, -0.1) is 0 Å². The van der Waals surface area contributed by atoms with Crippen LogP contribution in [0.15, 0.2) is 30.3 Å². The standard InChI is InChI=1S/C16H19NO4/c1-2-14-11-21-10-9-17(14)15(18)8-5-12-3-6-13(7-4-12)16(19)20/h3-8,14H,2,9-11H2,1H3,(H,19,20). The zero-order valence-corrected chi connectivity index (χ0v) is 12.0. The van der Waals surface area contributed by atoms with Crippen LogP contribution in [0, 0.1) is 0 Å². The number of rotatable bonds is 4. The summed E-state index contributed by atoms with van der Waals surface area (Å²) in [5.41, 5.74) is 1.03. The highest BCUT2D eigenvalue weighted by molar-refractivity contribution is 5.92. The van der Waals surface area contributed by atoms with Crippen LogP contribution >= 0.6 is 0 Å². The topological polar surface area (TPSA) is 66.8 Å². The van der Waals surface area contributed by atoms with Crippen molar-refractivity contribution < 1.29 is 19.4 Å². The number of aromatic carboxylic acids is 1. The molecular formula is C16H19NO4. The lowest BCUT2D eigenvalue weighted by Gasteiger charge is -2.34. The van der Waals surface area contributed by atoms with Crippen molar-refractivity contribution in [2.24, 2.45) is 0 Å². The fraction of sp³-hybridized carbons (Fsp3) is 0.375. The lowest BCUT2D eigenvalue weighted by atomic mass is 10.1. The molecule has 1 saturated heterocycles. The number of amides is 1. The molecule has 1 atom stereocenters. The Bertz CT molecular complexity index is 536. The lowest BCUT2D eigenvalue weighted by Crippen LogP contribution is -2.47. The molecule has 1 aromatic carbocycles. The molecule has 1 aliphatic heterocycles. The molecule has 1 aliphatic rings. The number of nitrogens with zero attached hydrogens (tertiary/aromatic N) is 1. The van der Waals surface area contributed by atoms with E-state index in [1.807, 2.05) is 11.8 Å². The van der Waals surface area contributed by atoms with Crippen LogP contribution in [0.25, 0.3) is 6.08 Å². The number of carboxylic acid groups (broad SMARTS) is 1. The first-order valence-corrected chi connectivity index (χ1v) is 7.01. The number of ether oxygens (including phenoxy) is 1. The predicted molar refractivity (Wildman–Crippen MR) is 79.0 cm³/mol. The van der Waals surface area contributed by atoms with E-state index in [1.165, 1.54) is 18.2 Å². The summed E-state index contributed by atoms with van der Waals surface area (Å²) in [6, 6.07) is 6.55. The number of morpholine rings is 1. The minimum absolute atomic E-state index is 0.0348. The Morgan fingerprint density at radius 3 is 2.71 bits per heavy atom. The first-order valence-electron chi connectivity index (χ1n) is 7.01. The maximum absolute atomic E-state index is 12.2. The van der Waals surface area contributed by atoms with Gasteiger partial charge in [0.25, 0.3) is 0 Å². The van der Waals surface area contributed by atoms with E-state index in [9.17, 15) is 9.59 Å². The Morgan fingerprint density at radius 2 is 2.10 bits per heavy atom. The van der Waals surface area contributed by atoms with E-state index in [1.54, 1.807) is 18.2 Å². The van der Waals surface area contributed by atoms with Gasteiger partial charge in [0.1, 0.15) is 0 Å². The number of carbonyl (C=O) groups excluding carboxylic acids is 1. The Morgan fingerprint density at radius 1 is 1.38 bits per heavy atom. The molecule has 1 unspecified atom stereocenters. The summed E-state index contributed by atoms with van der Waals surface area (Å²) in [6.07, 6.45) is 4.10. The van der Waals surface area contributed by atoms with Gasteiger partial charge in [-0.25, -0.2) is 4.79 Å². The molecule has 0 radical (unpaired) electrons. The third kappa shape index (κ3) is 3.92. The van der Waals surface area contributed by atoms with Gasteiger partial charge < -0.3 is 14.7 Å². The molecule has 0 spiro atoms. The largest absolute Gasteiger partial charge is 0.478 e. The van der Waals surface area contributed by atoms with Crippen LogP contribution in [0.3, 0.4) is 0 Å². The second-order valence-electron chi connectivity index (χ2n) is 4.93. The summed E-state index contributed by atoms with van der Waals surface area (Å²) in [6.45, 7) is 3.81. The highest BCUT2D eigenvalue weighted by Gasteiger charge is 2.24. The highest BCUT2D eigenvalue weighted by Crippen LogP contribution is 2.12. The molecule has 1 heterocycles. The zero-order chi connectivity index (χ0) is 15.2. The van der Waals surface area contributed by atoms with Crippen molar-refractivity contribution in [3.05, 3.63) is 41.5 Å². The van der Waals surface area contributed by atoms with Gasteiger partial charge in [0.2, 0.25) is 5.91 Å². The maximum Gasteiger partial charge on any atom is 0.335 e. The molecule has 112 valence electrons. The normalized spacial score (nSPS) is 18.9. The number of carbonyl (C=O) groups is 2. The van der Waals surface area contributed by atoms with Crippen molar-refractivity contribution in [2.75, 3.05) is 19.8 Å². The smallest absolute Gasteiger partial charge is 0.335 e. The van der Waals surface area contributed by atoms with Crippen molar-refractivity contribution >= 4 is 18.0 Å². The maximum atomic E-state index is 12.2. The van der Waals surface area contributed by atoms with E-state index in [-0.39, 0.29) is 17.5 Å². The van der Waals surface area contributed by atoms with Gasteiger partial charge in [-0.05, 0) is 30.2 Å². The van der Waals surface area contributed by atoms with E-state index in [2.05, 4.69) is 0 Å². The number of hydrogen-bond donors (Lipinski definition) is 1. The van der Waals surface area contributed by atoms with Crippen molar-refractivity contribution in [2.45, 2.75) is 19.4 Å². The molecule has 1 N–H and O–H groups in total. The fourth-order valence-corrected chi connectivity index (χ4v) is 2.28. The summed E-state index contributed by atoms with van der Waals surface area (Å²) in [5, 5.41) is 8.83. The fourth-order valence-electron chi connectivity index (χ4n) is 2.28. The first-order chi connectivity index (χ1) is 10.1. The molecule has 0 bridgehead atoms. The van der Waals surface area contributed by atoms with Crippen LogP contribution in [0.5, 0.6) is 0 Å². The quantitative estimate of drug-likeness (QED) is 0.861. The van der Waals surface area contributed by atoms with Gasteiger partial charge >= 0.3 is 5.97 Å². The Balaban J connectivity index is 2.02. The number of benzene rings is 1. The van der Waals surface area contributed by atoms with Crippen molar-refractivity contribution in [1.82, 2.24) is 4.90 Å². The van der Waals surface area contributed by atoms with Crippen molar-refractivity contribution in [3.63, 3.8) is 0 Å². The average Bonchev–Trinajstić information content (AvgIpc) is 2.52. The average molecular weight is 289 g/mol. The molecule has 5 heteroatoms. The summed E-state index contributed by atoms with van der Waals surface area (Å²) < 4.78 is 5.38. The van der Waals surface area contributed by atoms with Crippen LogP contribution in [-0.2, 0) is 9.53 Å². The molecule has 0 aromatic heterocycles. The molecule has 1 amide bonds. The van der Waals surface area contributed by atoms with Crippen molar-refractivity contribution in [1.29, 1.82) is 0 Å². The van der Waals surface area contributed by atoms with Crippen LogP contribution in [0.4, 0.5) is 0 Å². The SMILES string of the molecule is CCC1COCCN1C(=O)C=Cc1ccc(C(=O)O)cc1. The second kappa shape index (κ2) is 7.04. The molecule has 0 saturated carbocycles. The minimum Gasteiger partial charge on any atom is -0.478 e.